The van der Waals surface area contributed by atoms with Crippen molar-refractivity contribution in [2.24, 2.45) is 0 Å². The van der Waals surface area contributed by atoms with Crippen LogP contribution in [0.1, 0.15) is 15.2 Å². The van der Waals surface area contributed by atoms with Crippen LogP contribution in [0.5, 0.6) is 0 Å². The minimum absolute atomic E-state index is 0.375. The van der Waals surface area contributed by atoms with Gasteiger partial charge in [0.1, 0.15) is 0 Å². The smallest absolute Gasteiger partial charge is 0.340 e. The second kappa shape index (κ2) is 5.75. The predicted molar refractivity (Wildman–Crippen MR) is 78.6 cm³/mol. The molecule has 19 heavy (non-hydrogen) atoms. The predicted octanol–water partition coefficient (Wildman–Crippen LogP) is 2.75. The number of para-hydroxylation sites is 1. The van der Waals surface area contributed by atoms with E-state index in [0.29, 0.717) is 23.5 Å². The number of hydrogen-bond acceptors (Lipinski definition) is 5. The molecule has 0 aliphatic rings. The van der Waals surface area contributed by atoms with Crippen LogP contribution in [-0.2, 0) is 11.3 Å². The standard InChI is InChI=1S/C14H16N2O2S/c1-16(9-10-5-4-8-19-10)13-11(14(17)18-2)6-3-7-12(13)15/h3-8H,9,15H2,1-2H3. The van der Waals surface area contributed by atoms with Crippen LogP contribution in [0.4, 0.5) is 11.4 Å². The number of nitrogens with two attached hydrogens (primary N) is 1. The third-order valence-electron chi connectivity index (χ3n) is 2.83. The van der Waals surface area contributed by atoms with Crippen molar-refractivity contribution in [1.29, 1.82) is 0 Å². The van der Waals surface area contributed by atoms with Gasteiger partial charge in [-0.25, -0.2) is 4.79 Å². The lowest BCUT2D eigenvalue weighted by atomic mass is 10.1. The molecule has 2 rings (SSSR count). The minimum atomic E-state index is -0.375. The molecule has 0 aliphatic heterocycles. The van der Waals surface area contributed by atoms with Gasteiger partial charge in [0.25, 0.3) is 0 Å². The maximum atomic E-state index is 11.8. The molecule has 0 bridgehead atoms. The summed E-state index contributed by atoms with van der Waals surface area (Å²) in [6, 6.07) is 9.32. The highest BCUT2D eigenvalue weighted by Gasteiger charge is 2.17. The number of methoxy groups -OCH3 is 1. The van der Waals surface area contributed by atoms with E-state index < -0.39 is 0 Å². The lowest BCUT2D eigenvalue weighted by molar-refractivity contribution is 0.0601. The number of carbonyl (C=O) groups excluding carboxylic acids is 1. The summed E-state index contributed by atoms with van der Waals surface area (Å²) in [5, 5.41) is 2.03. The molecule has 0 radical (unpaired) electrons. The molecule has 2 aromatic rings. The average molecular weight is 276 g/mol. The summed E-state index contributed by atoms with van der Waals surface area (Å²) < 4.78 is 4.80. The van der Waals surface area contributed by atoms with Gasteiger partial charge < -0.3 is 15.4 Å². The summed E-state index contributed by atoms with van der Waals surface area (Å²) in [4.78, 5) is 15.0. The number of hydrogen-bond donors (Lipinski definition) is 1. The highest BCUT2D eigenvalue weighted by atomic mass is 32.1. The first-order valence-electron chi connectivity index (χ1n) is 5.83. The molecule has 0 atom stereocenters. The molecular formula is C14H16N2O2S. The van der Waals surface area contributed by atoms with Crippen LogP contribution in [0, 0.1) is 0 Å². The summed E-state index contributed by atoms with van der Waals surface area (Å²) in [6.07, 6.45) is 0. The molecule has 1 aromatic heterocycles. The molecule has 1 heterocycles. The van der Waals surface area contributed by atoms with Crippen molar-refractivity contribution < 1.29 is 9.53 Å². The molecule has 1 aromatic carbocycles. The first-order chi connectivity index (χ1) is 9.13. The molecule has 100 valence electrons. The van der Waals surface area contributed by atoms with E-state index in [9.17, 15) is 4.79 Å². The average Bonchev–Trinajstić information content (AvgIpc) is 2.90. The third kappa shape index (κ3) is 2.88. The van der Waals surface area contributed by atoms with Crippen LogP contribution in [-0.4, -0.2) is 20.1 Å². The number of anilines is 2. The number of ether oxygens (including phenoxy) is 1. The van der Waals surface area contributed by atoms with E-state index in [4.69, 9.17) is 10.5 Å². The summed E-state index contributed by atoms with van der Waals surface area (Å²) in [6.45, 7) is 0.704. The van der Waals surface area contributed by atoms with Crippen LogP contribution in [0.2, 0.25) is 0 Å². The third-order valence-corrected chi connectivity index (χ3v) is 3.69. The summed E-state index contributed by atoms with van der Waals surface area (Å²) >= 11 is 1.67. The molecular weight excluding hydrogens is 260 g/mol. The normalized spacial score (nSPS) is 10.2. The van der Waals surface area contributed by atoms with E-state index in [1.165, 1.54) is 12.0 Å². The summed E-state index contributed by atoms with van der Waals surface area (Å²) in [7, 11) is 3.28. The zero-order valence-corrected chi connectivity index (χ0v) is 11.7. The quantitative estimate of drug-likeness (QED) is 0.689. The monoisotopic (exact) mass is 276 g/mol. The van der Waals surface area contributed by atoms with Crippen molar-refractivity contribution in [3.8, 4) is 0 Å². The number of nitrogens with zero attached hydrogens (tertiary/aromatic N) is 1. The Bertz CT molecular complexity index is 567. The van der Waals surface area contributed by atoms with E-state index in [1.54, 1.807) is 29.5 Å². The highest BCUT2D eigenvalue weighted by molar-refractivity contribution is 7.09. The van der Waals surface area contributed by atoms with Crippen LogP contribution < -0.4 is 10.6 Å². The van der Waals surface area contributed by atoms with E-state index in [2.05, 4.69) is 6.07 Å². The molecule has 0 amide bonds. The number of thiophene rings is 1. The minimum Gasteiger partial charge on any atom is -0.465 e. The maximum Gasteiger partial charge on any atom is 0.340 e. The Morgan fingerprint density at radius 1 is 1.37 bits per heavy atom. The van der Waals surface area contributed by atoms with Gasteiger partial charge in [0.05, 0.1) is 30.6 Å². The SMILES string of the molecule is COC(=O)c1cccc(N)c1N(C)Cc1cccs1. The molecule has 0 aliphatic carbocycles. The number of rotatable bonds is 4. The van der Waals surface area contributed by atoms with Gasteiger partial charge in [-0.05, 0) is 23.6 Å². The Morgan fingerprint density at radius 2 is 2.16 bits per heavy atom. The highest BCUT2D eigenvalue weighted by Crippen LogP contribution is 2.29. The van der Waals surface area contributed by atoms with Gasteiger partial charge in [0.2, 0.25) is 0 Å². The number of esters is 1. The Balaban J connectivity index is 2.34. The lowest BCUT2D eigenvalue weighted by Gasteiger charge is -2.22. The number of nitrogen functional groups attached to an aromatic ring is 1. The number of carbonyl (C=O) groups is 1. The fraction of sp³-hybridized carbons (Fsp3) is 0.214. The molecule has 0 spiro atoms. The van der Waals surface area contributed by atoms with E-state index in [0.717, 1.165) is 0 Å². The molecule has 0 saturated carbocycles. The Morgan fingerprint density at radius 3 is 2.79 bits per heavy atom. The van der Waals surface area contributed by atoms with Crippen LogP contribution in [0.25, 0.3) is 0 Å². The molecule has 0 unspecified atom stereocenters. The van der Waals surface area contributed by atoms with Gasteiger partial charge in [0.15, 0.2) is 0 Å². The first kappa shape index (κ1) is 13.4. The molecule has 0 fully saturated rings. The van der Waals surface area contributed by atoms with E-state index in [1.807, 2.05) is 23.4 Å². The van der Waals surface area contributed by atoms with Crippen molar-refractivity contribution in [1.82, 2.24) is 0 Å². The van der Waals surface area contributed by atoms with Crippen molar-refractivity contribution in [2.75, 3.05) is 24.8 Å². The zero-order valence-electron chi connectivity index (χ0n) is 10.9. The second-order valence-electron chi connectivity index (χ2n) is 4.17. The van der Waals surface area contributed by atoms with Gasteiger partial charge in [0, 0.05) is 11.9 Å². The Hall–Kier alpha value is -2.01. The van der Waals surface area contributed by atoms with Gasteiger partial charge in [-0.2, -0.15) is 0 Å². The fourth-order valence-electron chi connectivity index (χ4n) is 1.98. The van der Waals surface area contributed by atoms with Crippen molar-refractivity contribution in [3.63, 3.8) is 0 Å². The molecule has 5 heteroatoms. The zero-order chi connectivity index (χ0) is 13.8. The summed E-state index contributed by atoms with van der Waals surface area (Å²) in [5.74, 6) is -0.375. The summed E-state index contributed by atoms with van der Waals surface area (Å²) in [5.41, 5.74) is 7.77. The Labute approximate surface area is 116 Å². The molecule has 0 saturated heterocycles. The number of benzene rings is 1. The van der Waals surface area contributed by atoms with Crippen LogP contribution >= 0.6 is 11.3 Å². The van der Waals surface area contributed by atoms with Crippen molar-refractivity contribution in [2.45, 2.75) is 6.54 Å². The fourth-order valence-corrected chi connectivity index (χ4v) is 2.73. The van der Waals surface area contributed by atoms with Crippen LogP contribution in [0.3, 0.4) is 0 Å². The molecule has 4 nitrogen and oxygen atoms in total. The van der Waals surface area contributed by atoms with Gasteiger partial charge in [-0.3, -0.25) is 0 Å². The van der Waals surface area contributed by atoms with Gasteiger partial charge in [-0.15, -0.1) is 11.3 Å². The van der Waals surface area contributed by atoms with Crippen molar-refractivity contribution in [3.05, 3.63) is 46.2 Å². The first-order valence-corrected chi connectivity index (χ1v) is 6.71. The largest absolute Gasteiger partial charge is 0.465 e. The van der Waals surface area contributed by atoms with Crippen LogP contribution in [0.15, 0.2) is 35.7 Å². The molecule has 2 N–H and O–H groups in total. The second-order valence-corrected chi connectivity index (χ2v) is 5.20. The van der Waals surface area contributed by atoms with E-state index in [-0.39, 0.29) is 5.97 Å². The topological polar surface area (TPSA) is 55.6 Å². The van der Waals surface area contributed by atoms with Crippen molar-refractivity contribution >= 4 is 28.7 Å². The Kier molecular flexibility index (Phi) is 4.06. The maximum absolute atomic E-state index is 11.8. The lowest BCUT2D eigenvalue weighted by Crippen LogP contribution is -2.20. The van der Waals surface area contributed by atoms with Gasteiger partial charge in [-0.1, -0.05) is 12.1 Å². The van der Waals surface area contributed by atoms with Gasteiger partial charge >= 0.3 is 5.97 Å². The van der Waals surface area contributed by atoms with E-state index >= 15 is 0 Å².